The number of ether oxygens (including phenoxy) is 1. The molecule has 1 amide bonds. The molecule has 0 saturated carbocycles. The highest BCUT2D eigenvalue weighted by molar-refractivity contribution is 5.92. The summed E-state index contributed by atoms with van der Waals surface area (Å²) in [6, 6.07) is 12.1. The maximum Gasteiger partial charge on any atom is 0.274 e. The molecule has 0 saturated heterocycles. The normalized spacial score (nSPS) is 10.5. The van der Waals surface area contributed by atoms with E-state index in [1.807, 2.05) is 38.1 Å². The van der Waals surface area contributed by atoms with Gasteiger partial charge in [-0.05, 0) is 30.5 Å². The smallest absolute Gasteiger partial charge is 0.274 e. The van der Waals surface area contributed by atoms with E-state index in [2.05, 4.69) is 5.32 Å². The Morgan fingerprint density at radius 1 is 1.25 bits per heavy atom. The minimum atomic E-state index is -0.472. The van der Waals surface area contributed by atoms with Gasteiger partial charge in [0.1, 0.15) is 5.75 Å². The van der Waals surface area contributed by atoms with Gasteiger partial charge < -0.3 is 10.1 Å². The summed E-state index contributed by atoms with van der Waals surface area (Å²) >= 11 is 0. The maximum absolute atomic E-state index is 12.0. The number of amides is 1. The highest BCUT2D eigenvalue weighted by atomic mass is 16.6. The molecule has 0 aliphatic heterocycles. The van der Waals surface area contributed by atoms with Crippen LogP contribution in [0.1, 0.15) is 30.9 Å². The SMILES string of the molecule is Cc1ccc(NC(=O)COc2ccccc2C(C)C)cc1[N+](=O)[O-]. The van der Waals surface area contributed by atoms with E-state index in [9.17, 15) is 14.9 Å². The third-order valence-corrected chi connectivity index (χ3v) is 3.59. The summed E-state index contributed by atoms with van der Waals surface area (Å²) in [6.45, 7) is 5.59. The van der Waals surface area contributed by atoms with E-state index in [-0.39, 0.29) is 24.1 Å². The molecule has 0 aliphatic rings. The van der Waals surface area contributed by atoms with Crippen LogP contribution in [0.4, 0.5) is 11.4 Å². The van der Waals surface area contributed by atoms with E-state index in [1.54, 1.807) is 19.1 Å². The first kappa shape index (κ1) is 17.5. The number of para-hydroxylation sites is 1. The van der Waals surface area contributed by atoms with Crippen LogP contribution in [0, 0.1) is 17.0 Å². The summed E-state index contributed by atoms with van der Waals surface area (Å²) in [7, 11) is 0. The Kier molecular flexibility index (Phi) is 5.52. The average Bonchev–Trinajstić information content (AvgIpc) is 2.54. The van der Waals surface area contributed by atoms with E-state index in [0.717, 1.165) is 5.56 Å². The number of nitrogens with zero attached hydrogens (tertiary/aromatic N) is 1. The van der Waals surface area contributed by atoms with Crippen LogP contribution < -0.4 is 10.1 Å². The molecule has 2 aromatic rings. The van der Waals surface area contributed by atoms with Crippen molar-refractivity contribution in [3.63, 3.8) is 0 Å². The quantitative estimate of drug-likeness (QED) is 0.641. The summed E-state index contributed by atoms with van der Waals surface area (Å²) < 4.78 is 5.59. The predicted octanol–water partition coefficient (Wildman–Crippen LogP) is 4.04. The van der Waals surface area contributed by atoms with E-state index in [1.165, 1.54) is 6.07 Å². The Morgan fingerprint density at radius 2 is 1.96 bits per heavy atom. The van der Waals surface area contributed by atoms with Crippen LogP contribution in [0.2, 0.25) is 0 Å². The van der Waals surface area contributed by atoms with Crippen molar-refractivity contribution in [1.82, 2.24) is 0 Å². The van der Waals surface area contributed by atoms with Gasteiger partial charge in [-0.3, -0.25) is 14.9 Å². The minimum absolute atomic E-state index is 0.0288. The fraction of sp³-hybridized carbons (Fsp3) is 0.278. The number of nitro groups is 1. The van der Waals surface area contributed by atoms with Gasteiger partial charge in [-0.25, -0.2) is 0 Å². The van der Waals surface area contributed by atoms with Gasteiger partial charge in [0.15, 0.2) is 6.61 Å². The van der Waals surface area contributed by atoms with Crippen molar-refractivity contribution in [2.24, 2.45) is 0 Å². The lowest BCUT2D eigenvalue weighted by Gasteiger charge is -2.13. The van der Waals surface area contributed by atoms with Gasteiger partial charge in [0.05, 0.1) is 4.92 Å². The molecule has 1 N–H and O–H groups in total. The van der Waals surface area contributed by atoms with Crippen molar-refractivity contribution >= 4 is 17.3 Å². The zero-order valence-electron chi connectivity index (χ0n) is 13.9. The van der Waals surface area contributed by atoms with E-state index in [4.69, 9.17) is 4.74 Å². The third kappa shape index (κ3) is 4.32. The third-order valence-electron chi connectivity index (χ3n) is 3.59. The molecular weight excluding hydrogens is 308 g/mol. The number of rotatable bonds is 6. The van der Waals surface area contributed by atoms with Crippen LogP contribution in [0.5, 0.6) is 5.75 Å². The van der Waals surface area contributed by atoms with E-state index in [0.29, 0.717) is 17.0 Å². The number of carbonyl (C=O) groups excluding carboxylic acids is 1. The summed E-state index contributed by atoms with van der Waals surface area (Å²) in [4.78, 5) is 22.5. The van der Waals surface area contributed by atoms with Crippen molar-refractivity contribution in [2.45, 2.75) is 26.7 Å². The van der Waals surface area contributed by atoms with Crippen LogP contribution >= 0.6 is 0 Å². The molecule has 0 bridgehead atoms. The summed E-state index contributed by atoms with van der Waals surface area (Å²) in [5.41, 5.74) is 1.91. The van der Waals surface area contributed by atoms with Gasteiger partial charge in [-0.2, -0.15) is 0 Å². The number of hydrogen-bond donors (Lipinski definition) is 1. The van der Waals surface area contributed by atoms with Gasteiger partial charge in [0.2, 0.25) is 0 Å². The van der Waals surface area contributed by atoms with Crippen LogP contribution in [-0.2, 0) is 4.79 Å². The van der Waals surface area contributed by atoms with Crippen molar-refractivity contribution in [3.05, 3.63) is 63.7 Å². The second-order valence-electron chi connectivity index (χ2n) is 5.79. The number of anilines is 1. The van der Waals surface area contributed by atoms with Crippen molar-refractivity contribution in [2.75, 3.05) is 11.9 Å². The standard InChI is InChI=1S/C18H20N2O4/c1-12(2)15-6-4-5-7-17(15)24-11-18(21)19-14-9-8-13(3)16(10-14)20(22)23/h4-10,12H,11H2,1-3H3,(H,19,21). The van der Waals surface area contributed by atoms with Crippen LogP contribution in [0.3, 0.4) is 0 Å². The zero-order chi connectivity index (χ0) is 17.7. The lowest BCUT2D eigenvalue weighted by Crippen LogP contribution is -2.20. The number of benzene rings is 2. The summed E-state index contributed by atoms with van der Waals surface area (Å²) in [5.74, 6) is 0.577. The van der Waals surface area contributed by atoms with Gasteiger partial charge >= 0.3 is 0 Å². The molecule has 0 unspecified atom stereocenters. The molecule has 0 spiro atoms. The van der Waals surface area contributed by atoms with Gasteiger partial charge in [-0.15, -0.1) is 0 Å². The fourth-order valence-corrected chi connectivity index (χ4v) is 2.31. The van der Waals surface area contributed by atoms with Crippen LogP contribution in [0.15, 0.2) is 42.5 Å². The van der Waals surface area contributed by atoms with Crippen LogP contribution in [-0.4, -0.2) is 17.4 Å². The topological polar surface area (TPSA) is 81.5 Å². The number of carbonyl (C=O) groups is 1. The molecule has 24 heavy (non-hydrogen) atoms. The maximum atomic E-state index is 12.0. The molecule has 6 nitrogen and oxygen atoms in total. The first-order chi connectivity index (χ1) is 11.4. The highest BCUT2D eigenvalue weighted by Crippen LogP contribution is 2.26. The minimum Gasteiger partial charge on any atom is -0.483 e. The Hall–Kier alpha value is -2.89. The molecule has 0 aliphatic carbocycles. The van der Waals surface area contributed by atoms with E-state index >= 15 is 0 Å². The first-order valence-electron chi connectivity index (χ1n) is 7.65. The molecular formula is C18H20N2O4. The first-order valence-corrected chi connectivity index (χ1v) is 7.65. The largest absolute Gasteiger partial charge is 0.483 e. The summed E-state index contributed by atoms with van der Waals surface area (Å²) in [6.07, 6.45) is 0. The molecule has 0 radical (unpaired) electrons. The predicted molar refractivity (Wildman–Crippen MR) is 92.5 cm³/mol. The molecule has 2 aromatic carbocycles. The molecule has 6 heteroatoms. The molecule has 126 valence electrons. The zero-order valence-corrected chi connectivity index (χ0v) is 13.9. The molecule has 0 fully saturated rings. The summed E-state index contributed by atoms with van der Waals surface area (Å²) in [5, 5.41) is 13.6. The van der Waals surface area contributed by atoms with Gasteiger partial charge in [0.25, 0.3) is 11.6 Å². The Balaban J connectivity index is 2.02. The second-order valence-corrected chi connectivity index (χ2v) is 5.79. The van der Waals surface area contributed by atoms with Crippen molar-refractivity contribution < 1.29 is 14.5 Å². The fourth-order valence-electron chi connectivity index (χ4n) is 2.31. The molecule has 0 aromatic heterocycles. The van der Waals surface area contributed by atoms with Gasteiger partial charge in [0, 0.05) is 17.3 Å². The Bertz CT molecular complexity index is 756. The molecule has 0 atom stereocenters. The number of nitro benzene ring substituents is 1. The van der Waals surface area contributed by atoms with Crippen LogP contribution in [0.25, 0.3) is 0 Å². The van der Waals surface area contributed by atoms with Crippen molar-refractivity contribution in [1.29, 1.82) is 0 Å². The number of nitrogens with one attached hydrogen (secondary N) is 1. The lowest BCUT2D eigenvalue weighted by atomic mass is 10.0. The number of aryl methyl sites for hydroxylation is 1. The van der Waals surface area contributed by atoms with Gasteiger partial charge in [-0.1, -0.05) is 38.1 Å². The Morgan fingerprint density at radius 3 is 2.62 bits per heavy atom. The second kappa shape index (κ2) is 7.59. The highest BCUT2D eigenvalue weighted by Gasteiger charge is 2.13. The Labute approximate surface area is 140 Å². The van der Waals surface area contributed by atoms with E-state index < -0.39 is 4.92 Å². The number of hydrogen-bond acceptors (Lipinski definition) is 4. The lowest BCUT2D eigenvalue weighted by molar-refractivity contribution is -0.385. The molecule has 2 rings (SSSR count). The van der Waals surface area contributed by atoms with Crippen molar-refractivity contribution in [3.8, 4) is 5.75 Å². The monoisotopic (exact) mass is 328 g/mol. The molecule has 0 heterocycles. The average molecular weight is 328 g/mol.